The van der Waals surface area contributed by atoms with E-state index in [1.165, 1.54) is 6.42 Å². The van der Waals surface area contributed by atoms with Crippen molar-refractivity contribution in [1.82, 2.24) is 5.43 Å². The fourth-order valence-corrected chi connectivity index (χ4v) is 2.14. The molecule has 4 nitrogen and oxygen atoms in total. The number of nitrogens with one attached hydrogen (secondary N) is 1. The van der Waals surface area contributed by atoms with Crippen molar-refractivity contribution in [3.8, 4) is 0 Å². The molecule has 1 rings (SSSR count). The van der Waals surface area contributed by atoms with Gasteiger partial charge in [-0.1, -0.05) is 20.3 Å². The van der Waals surface area contributed by atoms with Gasteiger partial charge in [-0.2, -0.15) is 5.10 Å². The van der Waals surface area contributed by atoms with E-state index in [0.717, 1.165) is 18.6 Å². The Hall–Kier alpha value is -1.06. The van der Waals surface area contributed by atoms with E-state index in [4.69, 9.17) is 4.74 Å². The molecule has 0 saturated heterocycles. The van der Waals surface area contributed by atoms with Gasteiger partial charge in [0.2, 0.25) is 0 Å². The molecular formula is C13H24N2O2. The van der Waals surface area contributed by atoms with Gasteiger partial charge in [0.15, 0.2) is 0 Å². The van der Waals surface area contributed by atoms with Gasteiger partial charge < -0.3 is 4.74 Å². The van der Waals surface area contributed by atoms with Crippen molar-refractivity contribution >= 4 is 11.8 Å². The van der Waals surface area contributed by atoms with Gasteiger partial charge in [0.1, 0.15) is 5.60 Å². The number of carbonyl (C=O) groups is 1. The fraction of sp³-hybridized carbons (Fsp3) is 0.846. The lowest BCUT2D eigenvalue weighted by Crippen LogP contribution is -2.33. The van der Waals surface area contributed by atoms with Crippen molar-refractivity contribution in [3.05, 3.63) is 0 Å². The molecule has 1 aliphatic carbocycles. The zero-order chi connectivity index (χ0) is 13.1. The predicted molar refractivity (Wildman–Crippen MR) is 69.0 cm³/mol. The second-order valence-electron chi connectivity index (χ2n) is 5.88. The molecule has 17 heavy (non-hydrogen) atoms. The maximum absolute atomic E-state index is 11.5. The maximum Gasteiger partial charge on any atom is 0.428 e. The standard InChI is InChI=1S/C13H24N2O2/c1-9-7-6-8-10(2)11(9)14-15-12(16)17-13(3,4)5/h9-10H,6-8H2,1-5H3,(H,15,16)/t9-,10-/m1/s1. The third kappa shape index (κ3) is 4.75. The lowest BCUT2D eigenvalue weighted by molar-refractivity contribution is 0.0528. The molecule has 0 aromatic carbocycles. The second kappa shape index (κ2) is 5.52. The number of ether oxygens (including phenoxy) is 1. The normalized spacial score (nSPS) is 25.4. The Bertz CT molecular complexity index is 293. The Balaban J connectivity index is 2.54. The summed E-state index contributed by atoms with van der Waals surface area (Å²) in [4.78, 5) is 11.5. The van der Waals surface area contributed by atoms with Crippen LogP contribution >= 0.6 is 0 Å². The molecule has 98 valence electrons. The third-order valence-corrected chi connectivity index (χ3v) is 2.96. The molecule has 1 amide bonds. The van der Waals surface area contributed by atoms with Gasteiger partial charge in [0, 0.05) is 5.71 Å². The molecular weight excluding hydrogens is 216 g/mol. The van der Waals surface area contributed by atoms with Crippen LogP contribution in [0.3, 0.4) is 0 Å². The Labute approximate surface area is 104 Å². The summed E-state index contributed by atoms with van der Waals surface area (Å²) in [6.07, 6.45) is 3.07. The highest BCUT2D eigenvalue weighted by Crippen LogP contribution is 2.25. The first kappa shape index (κ1) is 14.0. The van der Waals surface area contributed by atoms with Crippen molar-refractivity contribution in [2.45, 2.75) is 59.5 Å². The summed E-state index contributed by atoms with van der Waals surface area (Å²) in [6.45, 7) is 9.83. The van der Waals surface area contributed by atoms with Gasteiger partial charge in [-0.05, 0) is 45.4 Å². The topological polar surface area (TPSA) is 50.7 Å². The SMILES string of the molecule is C[C@@H]1CCC[C@@H](C)C1=NNC(=O)OC(C)(C)C. The molecule has 4 heteroatoms. The minimum atomic E-state index is -0.478. The number of nitrogens with zero attached hydrogens (tertiary/aromatic N) is 1. The molecule has 0 spiro atoms. The number of rotatable bonds is 1. The highest BCUT2D eigenvalue weighted by molar-refractivity contribution is 5.89. The Morgan fingerprint density at radius 3 is 2.29 bits per heavy atom. The molecule has 0 aromatic rings. The van der Waals surface area contributed by atoms with Crippen molar-refractivity contribution < 1.29 is 9.53 Å². The van der Waals surface area contributed by atoms with Crippen LogP contribution in [0.15, 0.2) is 5.10 Å². The Morgan fingerprint density at radius 2 is 1.82 bits per heavy atom. The second-order valence-corrected chi connectivity index (χ2v) is 5.88. The predicted octanol–water partition coefficient (Wildman–Crippen LogP) is 3.32. The molecule has 0 heterocycles. The summed E-state index contributed by atoms with van der Waals surface area (Å²) in [7, 11) is 0. The van der Waals surface area contributed by atoms with E-state index < -0.39 is 11.7 Å². The minimum absolute atomic E-state index is 0.452. The fourth-order valence-electron chi connectivity index (χ4n) is 2.14. The lowest BCUT2D eigenvalue weighted by Gasteiger charge is -2.26. The van der Waals surface area contributed by atoms with E-state index in [1.807, 2.05) is 20.8 Å². The Morgan fingerprint density at radius 1 is 1.29 bits per heavy atom. The third-order valence-electron chi connectivity index (χ3n) is 2.96. The molecule has 1 saturated carbocycles. The van der Waals surface area contributed by atoms with Crippen molar-refractivity contribution in [2.24, 2.45) is 16.9 Å². The van der Waals surface area contributed by atoms with E-state index in [-0.39, 0.29) is 0 Å². The summed E-state index contributed by atoms with van der Waals surface area (Å²) in [5.41, 5.74) is 3.10. The summed E-state index contributed by atoms with van der Waals surface area (Å²) in [5, 5.41) is 4.22. The van der Waals surface area contributed by atoms with E-state index in [2.05, 4.69) is 24.4 Å². The first-order valence-electron chi connectivity index (χ1n) is 6.36. The molecule has 0 aliphatic heterocycles. The van der Waals surface area contributed by atoms with Crippen LogP contribution in [-0.2, 0) is 4.74 Å². The van der Waals surface area contributed by atoms with E-state index in [9.17, 15) is 4.79 Å². The number of hydrazone groups is 1. The van der Waals surface area contributed by atoms with Gasteiger partial charge in [0.05, 0.1) is 0 Å². The Kier molecular flexibility index (Phi) is 4.54. The molecule has 1 aliphatic rings. The van der Waals surface area contributed by atoms with Gasteiger partial charge in [-0.3, -0.25) is 0 Å². The highest BCUT2D eigenvalue weighted by atomic mass is 16.6. The summed E-state index contributed by atoms with van der Waals surface area (Å²) >= 11 is 0. The molecule has 1 N–H and O–H groups in total. The van der Waals surface area contributed by atoms with Gasteiger partial charge >= 0.3 is 6.09 Å². The summed E-state index contributed by atoms with van der Waals surface area (Å²) in [5.74, 6) is 0.905. The van der Waals surface area contributed by atoms with E-state index >= 15 is 0 Å². The van der Waals surface area contributed by atoms with Gasteiger partial charge in [-0.15, -0.1) is 0 Å². The van der Waals surface area contributed by atoms with Crippen molar-refractivity contribution in [3.63, 3.8) is 0 Å². The van der Waals surface area contributed by atoms with Crippen LogP contribution in [0.4, 0.5) is 4.79 Å². The summed E-state index contributed by atoms with van der Waals surface area (Å²) < 4.78 is 5.14. The first-order valence-corrected chi connectivity index (χ1v) is 6.36. The minimum Gasteiger partial charge on any atom is -0.443 e. The average Bonchev–Trinajstić information content (AvgIpc) is 2.14. The lowest BCUT2D eigenvalue weighted by atomic mass is 9.81. The van der Waals surface area contributed by atoms with E-state index in [0.29, 0.717) is 11.8 Å². The maximum atomic E-state index is 11.5. The largest absolute Gasteiger partial charge is 0.443 e. The van der Waals surface area contributed by atoms with Crippen molar-refractivity contribution in [1.29, 1.82) is 0 Å². The molecule has 0 aromatic heterocycles. The smallest absolute Gasteiger partial charge is 0.428 e. The molecule has 2 atom stereocenters. The van der Waals surface area contributed by atoms with Crippen LogP contribution < -0.4 is 5.43 Å². The van der Waals surface area contributed by atoms with Crippen LogP contribution in [0.1, 0.15) is 53.9 Å². The summed E-state index contributed by atoms with van der Waals surface area (Å²) in [6, 6.07) is 0. The molecule has 1 fully saturated rings. The van der Waals surface area contributed by atoms with Gasteiger partial charge in [-0.25, -0.2) is 10.2 Å². The van der Waals surface area contributed by atoms with Crippen LogP contribution in [0, 0.1) is 11.8 Å². The number of amides is 1. The van der Waals surface area contributed by atoms with Gasteiger partial charge in [0.25, 0.3) is 0 Å². The first-order chi connectivity index (χ1) is 7.79. The average molecular weight is 240 g/mol. The van der Waals surface area contributed by atoms with Crippen LogP contribution in [0.25, 0.3) is 0 Å². The van der Waals surface area contributed by atoms with Crippen molar-refractivity contribution in [2.75, 3.05) is 0 Å². The monoisotopic (exact) mass is 240 g/mol. The highest BCUT2D eigenvalue weighted by Gasteiger charge is 2.23. The number of hydrogen-bond acceptors (Lipinski definition) is 3. The quantitative estimate of drug-likeness (QED) is 0.715. The molecule has 0 unspecified atom stereocenters. The zero-order valence-electron chi connectivity index (χ0n) is 11.5. The van der Waals surface area contributed by atoms with Crippen LogP contribution in [0.2, 0.25) is 0 Å². The molecule has 0 radical (unpaired) electrons. The number of carbonyl (C=O) groups excluding carboxylic acids is 1. The van der Waals surface area contributed by atoms with E-state index in [1.54, 1.807) is 0 Å². The zero-order valence-corrected chi connectivity index (χ0v) is 11.5. The van der Waals surface area contributed by atoms with Crippen LogP contribution in [-0.4, -0.2) is 17.4 Å². The molecule has 0 bridgehead atoms. The van der Waals surface area contributed by atoms with Crippen LogP contribution in [0.5, 0.6) is 0 Å². The number of hydrogen-bond donors (Lipinski definition) is 1.